The summed E-state index contributed by atoms with van der Waals surface area (Å²) >= 11 is 0. The smallest absolute Gasteiger partial charge is 0.261 e. The van der Waals surface area contributed by atoms with E-state index in [0.29, 0.717) is 31.2 Å². The fourth-order valence-corrected chi connectivity index (χ4v) is 3.10. The molecule has 3 aromatic rings. The van der Waals surface area contributed by atoms with Crippen molar-refractivity contribution in [1.29, 1.82) is 0 Å². The Morgan fingerprint density at radius 2 is 1.85 bits per heavy atom. The number of aryl methyl sites for hydroxylation is 1. The fourth-order valence-electron chi connectivity index (χ4n) is 3.10. The van der Waals surface area contributed by atoms with Crippen LogP contribution in [0.5, 0.6) is 0 Å². The van der Waals surface area contributed by atoms with Crippen LogP contribution in [0.1, 0.15) is 23.7 Å². The van der Waals surface area contributed by atoms with Crippen LogP contribution in [0.3, 0.4) is 0 Å². The molecule has 1 amide bonds. The Balaban J connectivity index is 0.000000555. The van der Waals surface area contributed by atoms with E-state index < -0.39 is 10.1 Å². The number of nitrogens with one attached hydrogen (secondary N) is 1. The van der Waals surface area contributed by atoms with Crippen molar-refractivity contribution in [1.82, 2.24) is 10.1 Å². The second kappa shape index (κ2) is 9.69. The molecule has 1 aromatic carbocycles. The molecule has 0 radical (unpaired) electrons. The first-order valence-corrected chi connectivity index (χ1v) is 11.9. The van der Waals surface area contributed by atoms with Gasteiger partial charge in [0.2, 0.25) is 11.8 Å². The van der Waals surface area contributed by atoms with Gasteiger partial charge in [-0.1, -0.05) is 29.4 Å². The van der Waals surface area contributed by atoms with Crippen LogP contribution in [-0.2, 0) is 31.5 Å². The molecule has 4 N–H and O–H groups in total. The molecular formula is C22H26N4O6S. The zero-order chi connectivity index (χ0) is 24.2. The normalized spacial score (nSPS) is 14.5. The summed E-state index contributed by atoms with van der Waals surface area (Å²) in [5, 5.41) is 6.80. The topological polar surface area (TPSA) is 158 Å². The number of nitrogens with two attached hydrogens (primary N) is 1. The van der Waals surface area contributed by atoms with Crippen molar-refractivity contribution in [3.63, 3.8) is 0 Å². The monoisotopic (exact) mass is 474 g/mol. The Hall–Kier alpha value is -3.28. The largest absolute Gasteiger partial charge is 0.383 e. The summed E-state index contributed by atoms with van der Waals surface area (Å²) in [5.74, 6) is 0.732. The number of nitrogen functional groups attached to an aromatic ring is 1. The number of ether oxygens (including phenoxy) is 1. The third-order valence-electron chi connectivity index (χ3n) is 5.00. The van der Waals surface area contributed by atoms with Crippen LogP contribution in [0.4, 0.5) is 11.7 Å². The predicted molar refractivity (Wildman–Crippen MR) is 123 cm³/mol. The number of hydrogen-bond acceptors (Lipinski definition) is 8. The Bertz CT molecular complexity index is 1230. The second-order valence-corrected chi connectivity index (χ2v) is 9.68. The highest BCUT2D eigenvalue weighted by Crippen LogP contribution is 2.32. The second-order valence-electron chi connectivity index (χ2n) is 8.21. The molecule has 2 aromatic heterocycles. The minimum atomic E-state index is -3.67. The van der Waals surface area contributed by atoms with Crippen molar-refractivity contribution >= 4 is 27.7 Å². The molecule has 1 aliphatic heterocycles. The van der Waals surface area contributed by atoms with Crippen LogP contribution in [0.15, 0.2) is 47.1 Å². The molecule has 0 saturated carbocycles. The first kappa shape index (κ1) is 24.4. The Labute approximate surface area is 191 Å². The number of carbonyl (C=O) groups excluding carboxylic acids is 1. The number of anilines is 2. The third-order valence-corrected chi connectivity index (χ3v) is 5.00. The minimum absolute atomic E-state index is 0.127. The summed E-state index contributed by atoms with van der Waals surface area (Å²) in [7, 11) is -3.67. The van der Waals surface area contributed by atoms with Gasteiger partial charge >= 0.3 is 0 Å². The van der Waals surface area contributed by atoms with Gasteiger partial charge in [0.15, 0.2) is 0 Å². The number of carbonyl (C=O) groups is 1. The van der Waals surface area contributed by atoms with E-state index in [1.54, 1.807) is 12.3 Å². The third kappa shape index (κ3) is 6.85. The van der Waals surface area contributed by atoms with Crippen molar-refractivity contribution in [2.45, 2.75) is 25.7 Å². The minimum Gasteiger partial charge on any atom is -0.383 e. The molecule has 10 nitrogen and oxygen atoms in total. The fraction of sp³-hybridized carbons (Fsp3) is 0.318. The van der Waals surface area contributed by atoms with Gasteiger partial charge in [-0.15, -0.1) is 0 Å². The van der Waals surface area contributed by atoms with E-state index in [1.807, 2.05) is 37.3 Å². The van der Waals surface area contributed by atoms with Gasteiger partial charge in [0.1, 0.15) is 5.82 Å². The molecule has 1 aliphatic rings. The highest BCUT2D eigenvalue weighted by atomic mass is 32.2. The van der Waals surface area contributed by atoms with Gasteiger partial charge in [0.25, 0.3) is 10.1 Å². The zero-order valence-electron chi connectivity index (χ0n) is 18.5. The quantitative estimate of drug-likeness (QED) is 0.473. The molecule has 0 unspecified atom stereocenters. The number of amides is 1. The van der Waals surface area contributed by atoms with Gasteiger partial charge in [0.05, 0.1) is 37.0 Å². The van der Waals surface area contributed by atoms with Gasteiger partial charge < -0.3 is 15.0 Å². The molecular weight excluding hydrogens is 448 g/mol. The lowest BCUT2D eigenvalue weighted by Gasteiger charge is -2.35. The predicted octanol–water partition coefficient (Wildman–Crippen LogP) is 2.60. The van der Waals surface area contributed by atoms with Gasteiger partial charge in [-0.05, 0) is 36.6 Å². The maximum Gasteiger partial charge on any atom is 0.261 e. The van der Waals surface area contributed by atoms with E-state index in [-0.39, 0.29) is 17.7 Å². The zero-order valence-corrected chi connectivity index (χ0v) is 19.3. The summed E-state index contributed by atoms with van der Waals surface area (Å²) in [4.78, 5) is 16.5. The van der Waals surface area contributed by atoms with Crippen molar-refractivity contribution in [3.8, 4) is 11.1 Å². The number of hydrogen-bond donors (Lipinski definition) is 3. The van der Waals surface area contributed by atoms with Crippen LogP contribution in [0.2, 0.25) is 0 Å². The Morgan fingerprint density at radius 3 is 2.39 bits per heavy atom. The van der Waals surface area contributed by atoms with E-state index in [9.17, 15) is 13.2 Å². The molecule has 1 saturated heterocycles. The highest BCUT2D eigenvalue weighted by molar-refractivity contribution is 7.85. The number of nitrogens with zero attached hydrogens (tertiary/aromatic N) is 2. The Kier molecular flexibility index (Phi) is 7.15. The van der Waals surface area contributed by atoms with Crippen LogP contribution in [0.25, 0.3) is 11.1 Å². The average Bonchev–Trinajstić information content (AvgIpc) is 3.16. The van der Waals surface area contributed by atoms with E-state index in [2.05, 4.69) is 22.4 Å². The summed E-state index contributed by atoms with van der Waals surface area (Å²) < 4.78 is 36.3. The molecule has 0 bridgehead atoms. The molecule has 1 fully saturated rings. The number of benzene rings is 1. The van der Waals surface area contributed by atoms with Crippen LogP contribution >= 0.6 is 0 Å². The van der Waals surface area contributed by atoms with E-state index >= 15 is 0 Å². The summed E-state index contributed by atoms with van der Waals surface area (Å²) in [6.45, 7) is 5.21. The summed E-state index contributed by atoms with van der Waals surface area (Å²) in [6, 6.07) is 11.6. The van der Waals surface area contributed by atoms with E-state index in [4.69, 9.17) is 19.5 Å². The summed E-state index contributed by atoms with van der Waals surface area (Å²) in [5.41, 5.74) is 10.3. The van der Waals surface area contributed by atoms with Crippen molar-refractivity contribution in [2.24, 2.45) is 0 Å². The van der Waals surface area contributed by atoms with Crippen LogP contribution < -0.4 is 11.1 Å². The van der Waals surface area contributed by atoms with Gasteiger partial charge in [-0.25, -0.2) is 4.98 Å². The molecule has 0 spiro atoms. The van der Waals surface area contributed by atoms with Gasteiger partial charge in [-0.2, -0.15) is 8.42 Å². The molecule has 176 valence electrons. The van der Waals surface area contributed by atoms with Crippen LogP contribution in [0, 0.1) is 6.92 Å². The summed E-state index contributed by atoms with van der Waals surface area (Å²) in [6.07, 6.45) is 2.71. The Morgan fingerprint density at radius 1 is 1.21 bits per heavy atom. The van der Waals surface area contributed by atoms with Gasteiger partial charge in [-0.3, -0.25) is 14.7 Å². The van der Waals surface area contributed by atoms with E-state index in [1.165, 1.54) is 0 Å². The molecule has 11 heteroatoms. The number of pyridine rings is 1. The molecule has 33 heavy (non-hydrogen) atoms. The lowest BCUT2D eigenvalue weighted by molar-refractivity contribution is -0.115. The highest BCUT2D eigenvalue weighted by Gasteiger charge is 2.38. The van der Waals surface area contributed by atoms with E-state index in [0.717, 1.165) is 27.9 Å². The average molecular weight is 475 g/mol. The molecule has 4 rings (SSSR count). The SMILES string of the molecule is CS(=O)(=O)O.Cc1cc(-c2ccc(CC(=O)Nc3cc(C4(C)COC4)no3)cc2)cnc1N. The standard InChI is InChI=1S/C21H22N4O3.CH4O3S/c1-13-7-16(10-23-20(13)22)15-5-3-14(4-6-15)8-18(26)24-19-9-17(25-28-19)21(2)11-27-12-21;1-5(2,3)4/h3-7,9-10H,8,11-12H2,1-2H3,(H2,22,23)(H,24,26);1H3,(H,2,3,4). The van der Waals surface area contributed by atoms with Crippen molar-refractivity contribution < 1.29 is 27.0 Å². The lowest BCUT2D eigenvalue weighted by Crippen LogP contribution is -2.44. The molecule has 0 aliphatic carbocycles. The first-order chi connectivity index (χ1) is 15.4. The molecule has 3 heterocycles. The number of aromatic nitrogens is 2. The van der Waals surface area contributed by atoms with Gasteiger partial charge in [0, 0.05) is 17.8 Å². The first-order valence-electron chi connectivity index (χ1n) is 10.0. The lowest BCUT2D eigenvalue weighted by atomic mass is 9.85. The number of rotatable bonds is 5. The van der Waals surface area contributed by atoms with Crippen molar-refractivity contribution in [2.75, 3.05) is 30.5 Å². The molecule has 0 atom stereocenters. The maximum absolute atomic E-state index is 12.3. The maximum atomic E-state index is 12.3. The van der Waals surface area contributed by atoms with Crippen LogP contribution in [-0.4, -0.2) is 48.5 Å². The van der Waals surface area contributed by atoms with Crippen molar-refractivity contribution in [3.05, 3.63) is 59.4 Å².